The molecule has 2 rings (SSSR count). The van der Waals surface area contributed by atoms with E-state index in [-0.39, 0.29) is 30.9 Å². The van der Waals surface area contributed by atoms with Crippen molar-refractivity contribution in [2.24, 2.45) is 5.92 Å². The maximum Gasteiger partial charge on any atom is 0.261 e. The predicted molar refractivity (Wildman–Crippen MR) is 135 cm³/mol. The van der Waals surface area contributed by atoms with Crippen molar-refractivity contribution in [1.29, 1.82) is 0 Å². The van der Waals surface area contributed by atoms with E-state index in [0.717, 1.165) is 11.1 Å². The van der Waals surface area contributed by atoms with Crippen molar-refractivity contribution in [2.75, 3.05) is 13.2 Å². The van der Waals surface area contributed by atoms with Gasteiger partial charge < -0.3 is 15.0 Å². The predicted octanol–water partition coefficient (Wildman–Crippen LogP) is 6.08. The third-order valence-corrected chi connectivity index (χ3v) is 6.04. The molecule has 5 nitrogen and oxygen atoms in total. The molecule has 7 heteroatoms. The summed E-state index contributed by atoms with van der Waals surface area (Å²) in [6.07, 6.45) is 0.472. The molecule has 0 radical (unpaired) electrons. The third-order valence-electron chi connectivity index (χ3n) is 5.30. The van der Waals surface area contributed by atoms with Gasteiger partial charge in [0.1, 0.15) is 11.8 Å². The van der Waals surface area contributed by atoms with Crippen LogP contribution in [-0.4, -0.2) is 35.9 Å². The van der Waals surface area contributed by atoms with E-state index in [1.165, 1.54) is 0 Å². The smallest absolute Gasteiger partial charge is 0.261 e. The average Bonchev–Trinajstić information content (AvgIpc) is 2.78. The molecule has 33 heavy (non-hydrogen) atoms. The normalized spacial score (nSPS) is 12.0. The molecule has 2 aromatic carbocycles. The van der Waals surface area contributed by atoms with Crippen molar-refractivity contribution in [3.63, 3.8) is 0 Å². The minimum absolute atomic E-state index is 0.168. The Labute approximate surface area is 207 Å². The molecule has 0 aromatic heterocycles. The van der Waals surface area contributed by atoms with Gasteiger partial charge in [0, 0.05) is 13.1 Å². The number of carbonyl (C=O) groups is 2. The lowest BCUT2D eigenvalue weighted by Crippen LogP contribution is -2.50. The molecule has 0 fully saturated rings. The standard InChI is InChI=1S/C26H34Cl2N2O3/c1-6-23(26(32)29-14-17(2)3)30(15-19-11-12-21(27)22(28)13-19)25(31)16-33-24-10-8-7-9-20(24)18(4)5/h7-13,17-18,23H,6,14-16H2,1-5H3,(H,29,32). The molecule has 180 valence electrons. The van der Waals surface area contributed by atoms with Crippen LogP contribution in [0.4, 0.5) is 0 Å². The second kappa shape index (κ2) is 12.9. The fraction of sp³-hybridized carbons (Fsp3) is 0.462. The summed E-state index contributed by atoms with van der Waals surface area (Å²) in [6, 6.07) is 12.3. The van der Waals surface area contributed by atoms with E-state index < -0.39 is 6.04 Å². The maximum absolute atomic E-state index is 13.4. The molecule has 0 saturated heterocycles. The minimum Gasteiger partial charge on any atom is -0.483 e. The van der Waals surface area contributed by atoms with Crippen LogP contribution in [0.25, 0.3) is 0 Å². The first kappa shape index (κ1) is 27.0. The summed E-state index contributed by atoms with van der Waals surface area (Å²) in [7, 11) is 0. The van der Waals surface area contributed by atoms with Crippen molar-refractivity contribution >= 4 is 35.0 Å². The van der Waals surface area contributed by atoms with Gasteiger partial charge in [-0.3, -0.25) is 9.59 Å². The van der Waals surface area contributed by atoms with Crippen molar-refractivity contribution in [1.82, 2.24) is 10.2 Å². The molecule has 0 spiro atoms. The van der Waals surface area contributed by atoms with Crippen LogP contribution in [0.2, 0.25) is 10.0 Å². The van der Waals surface area contributed by atoms with Gasteiger partial charge >= 0.3 is 0 Å². The molecule has 1 unspecified atom stereocenters. The summed E-state index contributed by atoms with van der Waals surface area (Å²) in [6.45, 7) is 10.7. The van der Waals surface area contributed by atoms with E-state index in [4.69, 9.17) is 27.9 Å². The highest BCUT2D eigenvalue weighted by molar-refractivity contribution is 6.42. The van der Waals surface area contributed by atoms with E-state index in [1.54, 1.807) is 17.0 Å². The Balaban J connectivity index is 2.27. The number of rotatable bonds is 11. The summed E-state index contributed by atoms with van der Waals surface area (Å²) in [5, 5.41) is 3.79. The van der Waals surface area contributed by atoms with Gasteiger partial charge in [0.2, 0.25) is 5.91 Å². The van der Waals surface area contributed by atoms with Crippen LogP contribution in [0.3, 0.4) is 0 Å². The number of benzene rings is 2. The Kier molecular flexibility index (Phi) is 10.5. The highest BCUT2D eigenvalue weighted by atomic mass is 35.5. The molecule has 0 aliphatic carbocycles. The topological polar surface area (TPSA) is 58.6 Å². The molecule has 1 N–H and O–H groups in total. The number of halogens is 2. The van der Waals surface area contributed by atoms with E-state index >= 15 is 0 Å². The largest absolute Gasteiger partial charge is 0.483 e. The first-order chi connectivity index (χ1) is 15.6. The van der Waals surface area contributed by atoms with Crippen LogP contribution in [0.1, 0.15) is 58.1 Å². The second-order valence-corrected chi connectivity index (χ2v) is 9.63. The van der Waals surface area contributed by atoms with Gasteiger partial charge in [-0.2, -0.15) is 0 Å². The molecular weight excluding hydrogens is 459 g/mol. The van der Waals surface area contributed by atoms with Crippen molar-refractivity contribution in [3.05, 3.63) is 63.6 Å². The Bertz CT molecular complexity index is 947. The lowest BCUT2D eigenvalue weighted by Gasteiger charge is -2.31. The van der Waals surface area contributed by atoms with Crippen LogP contribution < -0.4 is 10.1 Å². The van der Waals surface area contributed by atoms with Crippen LogP contribution in [0, 0.1) is 5.92 Å². The Morgan fingerprint density at radius 3 is 2.33 bits per heavy atom. The van der Waals surface area contributed by atoms with Crippen molar-refractivity contribution < 1.29 is 14.3 Å². The Morgan fingerprint density at radius 2 is 1.73 bits per heavy atom. The number of carbonyl (C=O) groups excluding carboxylic acids is 2. The molecule has 2 amide bonds. The quantitative estimate of drug-likeness (QED) is 0.413. The van der Waals surface area contributed by atoms with Crippen molar-refractivity contribution in [2.45, 2.75) is 59.5 Å². The summed E-state index contributed by atoms with van der Waals surface area (Å²) in [4.78, 5) is 27.9. The highest BCUT2D eigenvalue weighted by Crippen LogP contribution is 2.27. The van der Waals surface area contributed by atoms with E-state index in [0.29, 0.717) is 34.7 Å². The van der Waals surface area contributed by atoms with Gasteiger partial charge in [-0.15, -0.1) is 0 Å². The monoisotopic (exact) mass is 492 g/mol. The van der Waals surface area contributed by atoms with E-state index in [1.807, 2.05) is 51.1 Å². The zero-order valence-electron chi connectivity index (χ0n) is 20.0. The van der Waals surface area contributed by atoms with Gasteiger partial charge in [0.05, 0.1) is 10.0 Å². The number of hydrogen-bond donors (Lipinski definition) is 1. The lowest BCUT2D eigenvalue weighted by molar-refractivity contribution is -0.143. The molecule has 0 heterocycles. The maximum atomic E-state index is 13.4. The molecular formula is C26H34Cl2N2O3. The number of hydrogen-bond acceptors (Lipinski definition) is 3. The van der Waals surface area contributed by atoms with Gasteiger partial charge in [-0.1, -0.05) is 82.1 Å². The first-order valence-electron chi connectivity index (χ1n) is 11.4. The number of amides is 2. The average molecular weight is 493 g/mol. The summed E-state index contributed by atoms with van der Waals surface area (Å²) >= 11 is 12.2. The van der Waals surface area contributed by atoms with Crippen LogP contribution in [0.15, 0.2) is 42.5 Å². The molecule has 0 aliphatic rings. The molecule has 2 aromatic rings. The fourth-order valence-electron chi connectivity index (χ4n) is 3.49. The minimum atomic E-state index is -0.630. The molecule has 0 aliphatic heterocycles. The van der Waals surface area contributed by atoms with Gasteiger partial charge in [0.25, 0.3) is 5.91 Å². The second-order valence-electron chi connectivity index (χ2n) is 8.81. The lowest BCUT2D eigenvalue weighted by atomic mass is 10.0. The number of ether oxygens (including phenoxy) is 1. The van der Waals surface area contributed by atoms with Gasteiger partial charge in [-0.05, 0) is 47.6 Å². The van der Waals surface area contributed by atoms with Crippen LogP contribution >= 0.6 is 23.2 Å². The van der Waals surface area contributed by atoms with Gasteiger partial charge in [0.15, 0.2) is 6.61 Å². The first-order valence-corrected chi connectivity index (χ1v) is 12.1. The SMILES string of the molecule is CCC(C(=O)NCC(C)C)N(Cc1ccc(Cl)c(Cl)c1)C(=O)COc1ccccc1C(C)C. The van der Waals surface area contributed by atoms with Gasteiger partial charge in [-0.25, -0.2) is 0 Å². The molecule has 0 bridgehead atoms. The van der Waals surface area contributed by atoms with Crippen LogP contribution in [0.5, 0.6) is 5.75 Å². The summed E-state index contributed by atoms with van der Waals surface area (Å²) < 4.78 is 5.92. The van der Waals surface area contributed by atoms with E-state index in [2.05, 4.69) is 19.2 Å². The number of para-hydroxylation sites is 1. The number of nitrogens with one attached hydrogen (secondary N) is 1. The fourth-order valence-corrected chi connectivity index (χ4v) is 3.81. The zero-order chi connectivity index (χ0) is 24.5. The highest BCUT2D eigenvalue weighted by Gasteiger charge is 2.29. The Morgan fingerprint density at radius 1 is 1.03 bits per heavy atom. The molecule has 1 atom stereocenters. The van der Waals surface area contributed by atoms with Crippen molar-refractivity contribution in [3.8, 4) is 5.75 Å². The molecule has 0 saturated carbocycles. The van der Waals surface area contributed by atoms with E-state index in [9.17, 15) is 9.59 Å². The van der Waals surface area contributed by atoms with Crippen LogP contribution in [-0.2, 0) is 16.1 Å². The summed E-state index contributed by atoms with van der Waals surface area (Å²) in [5.41, 5.74) is 1.82. The zero-order valence-corrected chi connectivity index (χ0v) is 21.5. The Hall–Kier alpha value is -2.24. The summed E-state index contributed by atoms with van der Waals surface area (Å²) in [5.74, 6) is 0.788. The third kappa shape index (κ3) is 7.94. The number of nitrogens with zero attached hydrogens (tertiary/aromatic N) is 1.